The maximum absolute atomic E-state index is 13.5. The van der Waals surface area contributed by atoms with E-state index in [1.54, 1.807) is 15.7 Å². The quantitative estimate of drug-likeness (QED) is 0.554. The minimum Gasteiger partial charge on any atom is -0.444 e. The van der Waals surface area contributed by atoms with Crippen molar-refractivity contribution in [1.29, 1.82) is 0 Å². The third kappa shape index (κ3) is 3.99. The third-order valence-electron chi connectivity index (χ3n) is 5.15. The number of carbonyl (C=O) groups is 1. The molecule has 0 radical (unpaired) electrons. The second-order valence-corrected chi connectivity index (χ2v) is 9.32. The molecule has 6 nitrogen and oxygen atoms in total. The number of ether oxygens (including phenoxy) is 1. The molecule has 4 rings (SSSR count). The summed E-state index contributed by atoms with van der Waals surface area (Å²) in [7, 11) is 0. The molecule has 156 valence electrons. The maximum Gasteiger partial charge on any atom is 0.410 e. The van der Waals surface area contributed by atoms with Gasteiger partial charge in [0, 0.05) is 28.2 Å². The van der Waals surface area contributed by atoms with Crippen LogP contribution in [0.5, 0.6) is 0 Å². The molecule has 0 bridgehead atoms. The van der Waals surface area contributed by atoms with Crippen LogP contribution in [0.15, 0.2) is 51.9 Å². The maximum atomic E-state index is 13.5. The van der Waals surface area contributed by atoms with Gasteiger partial charge in [0.25, 0.3) is 5.56 Å². The molecule has 7 heteroatoms. The van der Waals surface area contributed by atoms with Gasteiger partial charge in [-0.05, 0) is 56.5 Å². The highest BCUT2D eigenvalue weighted by Crippen LogP contribution is 2.26. The molecular formula is C23H24BrN3O3. The first-order chi connectivity index (χ1) is 14.2. The van der Waals surface area contributed by atoms with Gasteiger partial charge in [0.05, 0.1) is 13.1 Å². The number of fused-ring (bicyclic) bond motifs is 3. The molecule has 3 heterocycles. The first-order valence-corrected chi connectivity index (χ1v) is 10.7. The van der Waals surface area contributed by atoms with Crippen molar-refractivity contribution in [2.24, 2.45) is 0 Å². The minimum absolute atomic E-state index is 0.111. The minimum atomic E-state index is -0.579. The fourth-order valence-corrected chi connectivity index (χ4v) is 4.20. The van der Waals surface area contributed by atoms with Gasteiger partial charge in [-0.1, -0.05) is 34.1 Å². The summed E-state index contributed by atoms with van der Waals surface area (Å²) >= 11 is 3.57. The van der Waals surface area contributed by atoms with Gasteiger partial charge < -0.3 is 9.64 Å². The lowest BCUT2D eigenvalue weighted by Crippen LogP contribution is -2.43. The van der Waals surface area contributed by atoms with Crippen molar-refractivity contribution >= 4 is 33.1 Å². The molecule has 0 saturated heterocycles. The van der Waals surface area contributed by atoms with Crippen molar-refractivity contribution in [2.45, 2.75) is 45.9 Å². The average Bonchev–Trinajstić information content (AvgIpc) is 2.71. The SMILES string of the molecule is CC(C)(C)OC(=O)N1CCc2c(c(=O)n(Cc3ccccc3Br)c3ncccc23)C1. The number of carbonyl (C=O) groups excluding carboxylic acids is 1. The first kappa shape index (κ1) is 20.6. The Labute approximate surface area is 183 Å². The van der Waals surface area contributed by atoms with Crippen LogP contribution in [0.3, 0.4) is 0 Å². The second kappa shape index (κ2) is 7.87. The summed E-state index contributed by atoms with van der Waals surface area (Å²) in [4.78, 5) is 32.3. The highest BCUT2D eigenvalue weighted by atomic mass is 79.9. The highest BCUT2D eigenvalue weighted by molar-refractivity contribution is 9.10. The summed E-state index contributed by atoms with van der Waals surface area (Å²) < 4.78 is 8.16. The molecule has 0 fully saturated rings. The molecule has 3 aromatic rings. The van der Waals surface area contributed by atoms with Crippen LogP contribution in [0.4, 0.5) is 4.79 Å². The second-order valence-electron chi connectivity index (χ2n) is 8.47. The predicted molar refractivity (Wildman–Crippen MR) is 120 cm³/mol. The van der Waals surface area contributed by atoms with E-state index in [-0.39, 0.29) is 12.1 Å². The Kier molecular flexibility index (Phi) is 5.40. The number of pyridine rings is 2. The Morgan fingerprint density at radius 2 is 1.93 bits per heavy atom. The van der Waals surface area contributed by atoms with E-state index in [0.29, 0.717) is 30.7 Å². The van der Waals surface area contributed by atoms with E-state index in [0.717, 1.165) is 21.0 Å². The van der Waals surface area contributed by atoms with E-state index < -0.39 is 11.7 Å². The van der Waals surface area contributed by atoms with Gasteiger partial charge in [-0.3, -0.25) is 9.36 Å². The van der Waals surface area contributed by atoms with E-state index >= 15 is 0 Å². The van der Waals surface area contributed by atoms with Crippen LogP contribution >= 0.6 is 15.9 Å². The number of halogens is 1. The molecule has 1 amide bonds. The predicted octanol–water partition coefficient (Wildman–Crippen LogP) is 4.50. The van der Waals surface area contributed by atoms with Gasteiger partial charge in [0.1, 0.15) is 11.2 Å². The Balaban J connectivity index is 1.80. The van der Waals surface area contributed by atoms with Crippen LogP contribution < -0.4 is 5.56 Å². The van der Waals surface area contributed by atoms with Crippen molar-refractivity contribution in [3.8, 4) is 0 Å². The summed E-state index contributed by atoms with van der Waals surface area (Å²) in [5.74, 6) is 0. The van der Waals surface area contributed by atoms with Gasteiger partial charge in [0.2, 0.25) is 0 Å². The molecule has 0 spiro atoms. The van der Waals surface area contributed by atoms with E-state index in [9.17, 15) is 9.59 Å². The van der Waals surface area contributed by atoms with Crippen molar-refractivity contribution in [3.05, 3.63) is 74.1 Å². The molecule has 1 aliphatic rings. The number of aromatic nitrogens is 2. The molecule has 0 atom stereocenters. The largest absolute Gasteiger partial charge is 0.444 e. The van der Waals surface area contributed by atoms with Crippen LogP contribution in [-0.4, -0.2) is 32.7 Å². The number of nitrogens with zero attached hydrogens (tertiary/aromatic N) is 3. The number of benzene rings is 1. The summed E-state index contributed by atoms with van der Waals surface area (Å²) in [6.45, 7) is 6.67. The number of rotatable bonds is 2. The molecule has 0 unspecified atom stereocenters. The fourth-order valence-electron chi connectivity index (χ4n) is 3.79. The zero-order valence-corrected chi connectivity index (χ0v) is 18.9. The van der Waals surface area contributed by atoms with Crippen LogP contribution in [-0.2, 0) is 24.2 Å². The lowest BCUT2D eigenvalue weighted by Gasteiger charge is -2.31. The lowest BCUT2D eigenvalue weighted by atomic mass is 9.97. The topological polar surface area (TPSA) is 64.4 Å². The van der Waals surface area contributed by atoms with Crippen LogP contribution in [0, 0.1) is 0 Å². The first-order valence-electron chi connectivity index (χ1n) is 9.95. The molecular weight excluding hydrogens is 446 g/mol. The van der Waals surface area contributed by atoms with Gasteiger partial charge >= 0.3 is 6.09 Å². The average molecular weight is 470 g/mol. The van der Waals surface area contributed by atoms with E-state index in [4.69, 9.17) is 4.74 Å². The normalized spacial score (nSPS) is 13.9. The molecule has 0 saturated carbocycles. The summed E-state index contributed by atoms with van der Waals surface area (Å²) in [6, 6.07) is 11.7. The van der Waals surface area contributed by atoms with Crippen molar-refractivity contribution in [2.75, 3.05) is 6.54 Å². The Hall–Kier alpha value is -2.67. The zero-order chi connectivity index (χ0) is 21.5. The Morgan fingerprint density at radius 3 is 2.67 bits per heavy atom. The monoisotopic (exact) mass is 469 g/mol. The zero-order valence-electron chi connectivity index (χ0n) is 17.3. The number of amides is 1. The molecule has 2 aromatic heterocycles. The summed E-state index contributed by atoms with van der Waals surface area (Å²) in [6.07, 6.45) is 1.92. The van der Waals surface area contributed by atoms with Crippen LogP contribution in [0.2, 0.25) is 0 Å². The van der Waals surface area contributed by atoms with Gasteiger partial charge in [-0.15, -0.1) is 0 Å². The molecule has 0 N–H and O–H groups in total. The summed E-state index contributed by atoms with van der Waals surface area (Å²) in [5.41, 5.74) is 2.59. The Bertz CT molecular complexity index is 1180. The Morgan fingerprint density at radius 1 is 1.17 bits per heavy atom. The number of hydrogen-bond acceptors (Lipinski definition) is 4. The van der Waals surface area contributed by atoms with Crippen molar-refractivity contribution in [3.63, 3.8) is 0 Å². The van der Waals surface area contributed by atoms with E-state index in [1.807, 2.05) is 57.2 Å². The number of hydrogen-bond donors (Lipinski definition) is 0. The van der Waals surface area contributed by atoms with Crippen molar-refractivity contribution < 1.29 is 9.53 Å². The molecule has 1 aromatic carbocycles. The molecule has 0 aliphatic carbocycles. The smallest absolute Gasteiger partial charge is 0.410 e. The third-order valence-corrected chi connectivity index (χ3v) is 5.93. The molecule has 1 aliphatic heterocycles. The standard InChI is InChI=1S/C23H24BrN3O3/c1-23(2,3)30-22(29)26-12-10-16-17-8-6-11-25-20(17)27(21(28)18(16)14-26)13-15-7-4-5-9-19(15)24/h4-9,11H,10,12-14H2,1-3H3. The van der Waals surface area contributed by atoms with Crippen molar-refractivity contribution in [1.82, 2.24) is 14.5 Å². The van der Waals surface area contributed by atoms with E-state index in [1.165, 1.54) is 0 Å². The van der Waals surface area contributed by atoms with Crippen LogP contribution in [0.1, 0.15) is 37.5 Å². The van der Waals surface area contributed by atoms with Gasteiger partial charge in [-0.2, -0.15) is 0 Å². The lowest BCUT2D eigenvalue weighted by molar-refractivity contribution is 0.0223. The fraction of sp³-hybridized carbons (Fsp3) is 0.348. The highest BCUT2D eigenvalue weighted by Gasteiger charge is 2.29. The van der Waals surface area contributed by atoms with Gasteiger partial charge in [0.15, 0.2) is 0 Å². The van der Waals surface area contributed by atoms with Crippen LogP contribution in [0.25, 0.3) is 11.0 Å². The summed E-state index contributed by atoms with van der Waals surface area (Å²) in [5, 5.41) is 0.961. The van der Waals surface area contributed by atoms with Gasteiger partial charge in [-0.25, -0.2) is 9.78 Å². The molecule has 30 heavy (non-hydrogen) atoms. The van der Waals surface area contributed by atoms with E-state index in [2.05, 4.69) is 20.9 Å².